The van der Waals surface area contributed by atoms with Crippen LogP contribution in [-0.4, -0.2) is 46.0 Å². The molecule has 27 heavy (non-hydrogen) atoms. The number of nitrogens with zero attached hydrogens (tertiary/aromatic N) is 2. The molecule has 0 unspecified atom stereocenters. The van der Waals surface area contributed by atoms with Crippen molar-refractivity contribution in [2.75, 3.05) is 38.2 Å². The molecule has 0 aromatic heterocycles. The molecule has 0 radical (unpaired) electrons. The van der Waals surface area contributed by atoms with E-state index in [1.54, 1.807) is 16.4 Å². The highest BCUT2D eigenvalue weighted by Gasteiger charge is 2.31. The van der Waals surface area contributed by atoms with Crippen molar-refractivity contribution in [1.29, 1.82) is 0 Å². The SMILES string of the molecule is CCc1ccc(OC)c(S(=O)(=O)N2CCN(c3cccc(Cl)c3C)CC2)c1. The van der Waals surface area contributed by atoms with Crippen molar-refractivity contribution in [1.82, 2.24) is 4.31 Å². The quantitative estimate of drug-likeness (QED) is 0.756. The van der Waals surface area contributed by atoms with Crippen LogP contribution in [0.4, 0.5) is 5.69 Å². The third-order valence-electron chi connectivity index (χ3n) is 5.07. The summed E-state index contributed by atoms with van der Waals surface area (Å²) < 4.78 is 33.3. The Morgan fingerprint density at radius 1 is 1.11 bits per heavy atom. The predicted molar refractivity (Wildman–Crippen MR) is 110 cm³/mol. The topological polar surface area (TPSA) is 49.9 Å². The lowest BCUT2D eigenvalue weighted by molar-refractivity contribution is 0.374. The minimum absolute atomic E-state index is 0.247. The van der Waals surface area contributed by atoms with E-state index in [0.717, 1.165) is 28.3 Å². The first-order chi connectivity index (χ1) is 12.9. The summed E-state index contributed by atoms with van der Waals surface area (Å²) in [5, 5.41) is 0.726. The number of rotatable bonds is 5. The maximum atomic E-state index is 13.2. The fourth-order valence-electron chi connectivity index (χ4n) is 3.39. The largest absolute Gasteiger partial charge is 0.495 e. The molecule has 2 aromatic rings. The summed E-state index contributed by atoms with van der Waals surface area (Å²) in [5.74, 6) is 0.389. The van der Waals surface area contributed by atoms with Crippen LogP contribution in [0.5, 0.6) is 5.75 Å². The molecule has 3 rings (SSSR count). The van der Waals surface area contributed by atoms with Gasteiger partial charge >= 0.3 is 0 Å². The molecule has 1 aliphatic heterocycles. The van der Waals surface area contributed by atoms with Crippen molar-refractivity contribution >= 4 is 27.3 Å². The Morgan fingerprint density at radius 3 is 2.44 bits per heavy atom. The van der Waals surface area contributed by atoms with E-state index in [-0.39, 0.29) is 4.90 Å². The number of methoxy groups -OCH3 is 1. The Morgan fingerprint density at radius 2 is 1.81 bits per heavy atom. The third-order valence-corrected chi connectivity index (χ3v) is 7.40. The smallest absolute Gasteiger partial charge is 0.246 e. The fourth-order valence-corrected chi connectivity index (χ4v) is 5.19. The molecule has 0 amide bonds. The van der Waals surface area contributed by atoms with Gasteiger partial charge in [0.1, 0.15) is 10.6 Å². The van der Waals surface area contributed by atoms with Crippen LogP contribution in [0.15, 0.2) is 41.3 Å². The van der Waals surface area contributed by atoms with Gasteiger partial charge in [-0.2, -0.15) is 4.31 Å². The lowest BCUT2D eigenvalue weighted by Gasteiger charge is -2.36. The number of hydrogen-bond acceptors (Lipinski definition) is 4. The number of anilines is 1. The van der Waals surface area contributed by atoms with Gasteiger partial charge in [0, 0.05) is 36.9 Å². The predicted octanol–water partition coefficient (Wildman–Crippen LogP) is 3.73. The average Bonchev–Trinajstić information content (AvgIpc) is 2.69. The van der Waals surface area contributed by atoms with Gasteiger partial charge in [-0.1, -0.05) is 30.7 Å². The van der Waals surface area contributed by atoms with Gasteiger partial charge < -0.3 is 9.64 Å². The molecule has 146 valence electrons. The Bertz CT molecular complexity index is 923. The summed E-state index contributed by atoms with van der Waals surface area (Å²) in [5.41, 5.74) is 3.06. The van der Waals surface area contributed by atoms with Gasteiger partial charge in [-0.3, -0.25) is 0 Å². The Balaban J connectivity index is 1.82. The van der Waals surface area contributed by atoms with Crippen LogP contribution in [-0.2, 0) is 16.4 Å². The Kier molecular flexibility index (Phi) is 5.99. The van der Waals surface area contributed by atoms with E-state index in [1.165, 1.54) is 7.11 Å². The molecular weight excluding hydrogens is 384 g/mol. The molecule has 1 saturated heterocycles. The maximum Gasteiger partial charge on any atom is 0.246 e. The number of sulfonamides is 1. The normalized spacial score (nSPS) is 15.8. The highest BCUT2D eigenvalue weighted by molar-refractivity contribution is 7.89. The minimum Gasteiger partial charge on any atom is -0.495 e. The molecule has 0 bridgehead atoms. The van der Waals surface area contributed by atoms with Crippen LogP contribution < -0.4 is 9.64 Å². The molecule has 0 atom stereocenters. The lowest BCUT2D eigenvalue weighted by atomic mass is 10.1. The van der Waals surface area contributed by atoms with Gasteiger partial charge in [0.05, 0.1) is 7.11 Å². The van der Waals surface area contributed by atoms with Crippen molar-refractivity contribution in [2.24, 2.45) is 0 Å². The summed E-state index contributed by atoms with van der Waals surface area (Å²) in [6.07, 6.45) is 0.772. The summed E-state index contributed by atoms with van der Waals surface area (Å²) in [6, 6.07) is 11.2. The van der Waals surface area contributed by atoms with Crippen LogP contribution in [0, 0.1) is 6.92 Å². The van der Waals surface area contributed by atoms with E-state index in [4.69, 9.17) is 16.3 Å². The van der Waals surface area contributed by atoms with E-state index in [9.17, 15) is 8.42 Å². The second-order valence-corrected chi connectivity index (χ2v) is 8.93. The van der Waals surface area contributed by atoms with Crippen LogP contribution in [0.2, 0.25) is 5.02 Å². The first-order valence-corrected chi connectivity index (χ1v) is 10.9. The van der Waals surface area contributed by atoms with Crippen molar-refractivity contribution in [3.05, 3.63) is 52.5 Å². The summed E-state index contributed by atoms with van der Waals surface area (Å²) in [7, 11) is -2.11. The molecule has 2 aromatic carbocycles. The molecule has 1 aliphatic rings. The molecule has 1 heterocycles. The van der Waals surface area contributed by atoms with E-state index in [2.05, 4.69) is 4.90 Å². The van der Waals surface area contributed by atoms with Crippen LogP contribution >= 0.6 is 11.6 Å². The van der Waals surface area contributed by atoms with E-state index < -0.39 is 10.0 Å². The fraction of sp³-hybridized carbons (Fsp3) is 0.400. The molecular formula is C20H25ClN2O3S. The Hall–Kier alpha value is -1.76. The zero-order chi connectivity index (χ0) is 19.6. The molecule has 0 aliphatic carbocycles. The zero-order valence-electron chi connectivity index (χ0n) is 15.9. The van der Waals surface area contributed by atoms with E-state index in [1.807, 2.05) is 38.1 Å². The van der Waals surface area contributed by atoms with Gasteiger partial charge in [0.25, 0.3) is 0 Å². The standard InChI is InChI=1S/C20H25ClN2O3S/c1-4-16-8-9-19(26-3)20(14-16)27(24,25)23-12-10-22(11-13-23)18-7-5-6-17(21)15(18)2/h5-9,14H,4,10-13H2,1-3H3. The van der Waals surface area contributed by atoms with E-state index in [0.29, 0.717) is 31.9 Å². The molecule has 0 saturated carbocycles. The highest BCUT2D eigenvalue weighted by atomic mass is 35.5. The van der Waals surface area contributed by atoms with E-state index >= 15 is 0 Å². The molecule has 7 heteroatoms. The highest BCUT2D eigenvalue weighted by Crippen LogP contribution is 2.31. The molecule has 5 nitrogen and oxygen atoms in total. The molecule has 0 spiro atoms. The van der Waals surface area contributed by atoms with Crippen molar-refractivity contribution in [2.45, 2.75) is 25.2 Å². The van der Waals surface area contributed by atoms with Crippen molar-refractivity contribution in [3.8, 4) is 5.75 Å². The van der Waals surface area contributed by atoms with Crippen LogP contribution in [0.3, 0.4) is 0 Å². The monoisotopic (exact) mass is 408 g/mol. The van der Waals surface area contributed by atoms with Gasteiger partial charge in [-0.15, -0.1) is 0 Å². The number of hydrogen-bond donors (Lipinski definition) is 0. The number of piperazine rings is 1. The summed E-state index contributed by atoms with van der Waals surface area (Å²) >= 11 is 6.23. The first-order valence-electron chi connectivity index (χ1n) is 9.05. The number of halogens is 1. The first kappa shape index (κ1) is 20.0. The van der Waals surface area contributed by atoms with Crippen LogP contribution in [0.1, 0.15) is 18.1 Å². The number of benzene rings is 2. The van der Waals surface area contributed by atoms with Gasteiger partial charge in [0.2, 0.25) is 10.0 Å². The van der Waals surface area contributed by atoms with Gasteiger partial charge in [-0.05, 0) is 48.7 Å². The zero-order valence-corrected chi connectivity index (χ0v) is 17.5. The summed E-state index contributed by atoms with van der Waals surface area (Å²) in [4.78, 5) is 2.43. The maximum absolute atomic E-state index is 13.2. The Labute approximate surface area is 166 Å². The number of ether oxygens (including phenoxy) is 1. The number of aryl methyl sites for hydroxylation is 1. The van der Waals surface area contributed by atoms with Crippen LogP contribution in [0.25, 0.3) is 0 Å². The van der Waals surface area contributed by atoms with Gasteiger partial charge in [-0.25, -0.2) is 8.42 Å². The van der Waals surface area contributed by atoms with Crippen molar-refractivity contribution in [3.63, 3.8) is 0 Å². The minimum atomic E-state index is -3.61. The second kappa shape index (κ2) is 8.09. The second-order valence-electron chi connectivity index (χ2n) is 6.61. The average molecular weight is 409 g/mol. The third kappa shape index (κ3) is 3.93. The van der Waals surface area contributed by atoms with Crippen molar-refractivity contribution < 1.29 is 13.2 Å². The molecule has 1 fully saturated rings. The molecule has 0 N–H and O–H groups in total. The van der Waals surface area contributed by atoms with Gasteiger partial charge in [0.15, 0.2) is 0 Å². The lowest BCUT2D eigenvalue weighted by Crippen LogP contribution is -2.48. The summed E-state index contributed by atoms with van der Waals surface area (Å²) in [6.45, 7) is 6.08.